The van der Waals surface area contributed by atoms with Crippen LogP contribution in [0.25, 0.3) is 11.4 Å². The number of hydrogen-bond donors (Lipinski definition) is 6. The Morgan fingerprint density at radius 3 is 1.24 bits per heavy atom. The van der Waals surface area contributed by atoms with E-state index in [1.54, 1.807) is 38.1 Å². The van der Waals surface area contributed by atoms with Crippen LogP contribution in [0, 0.1) is 13.8 Å². The molecule has 301 valence electrons. The minimum Gasteiger partial charge on any atom is -0.506 e. The third-order valence-electron chi connectivity index (χ3n) is 7.35. The molecule has 0 saturated carbocycles. The number of nitrogens with two attached hydrogens (primary N) is 2. The fourth-order valence-electron chi connectivity index (χ4n) is 4.61. The number of aryl methyl sites for hydroxylation is 2. The molecule has 0 amide bonds. The number of sulfonamides is 2. The molecule has 0 fully saturated rings. The second-order valence-electron chi connectivity index (χ2n) is 11.3. The Balaban J connectivity index is 0.000000300. The maximum absolute atomic E-state index is 11.4. The fourth-order valence-corrected chi connectivity index (χ4v) is 6.40. The number of rotatable bonds is 8. The molecule has 2 heterocycles. The largest absolute Gasteiger partial charge is 1.00 e. The molecule has 0 aliphatic heterocycles. The van der Waals surface area contributed by atoms with E-state index < -0.39 is 20.0 Å². The topological polar surface area (TPSA) is 286 Å². The zero-order valence-electron chi connectivity index (χ0n) is 29.7. The Hall–Kier alpha value is -3.81. The van der Waals surface area contributed by atoms with Crippen molar-refractivity contribution in [3.8, 4) is 34.6 Å². The summed E-state index contributed by atoms with van der Waals surface area (Å²) in [5, 5.41) is 75.9. The number of halogens is 4. The second-order valence-corrected chi connectivity index (χ2v) is 16.1. The van der Waals surface area contributed by atoms with Gasteiger partial charge >= 0.3 is 29.6 Å². The molecule has 18 nitrogen and oxygen atoms in total. The molecule has 6 rings (SSSR count). The van der Waals surface area contributed by atoms with Gasteiger partial charge in [-0.15, -0.1) is 20.5 Å². The van der Waals surface area contributed by atoms with E-state index in [-0.39, 0.29) is 102 Å². The summed E-state index contributed by atoms with van der Waals surface area (Å²) in [7, 11) is -7.98. The number of azo groups is 2. The first-order valence-electron chi connectivity index (χ1n) is 15.2. The number of primary sulfonamides is 2. The molecule has 1 radical (unpaired) electrons. The fraction of sp³-hybridized carbons (Fsp3) is 0.0625. The van der Waals surface area contributed by atoms with Crippen LogP contribution in [0.5, 0.6) is 23.3 Å². The Labute approximate surface area is 382 Å². The van der Waals surface area contributed by atoms with E-state index in [1.165, 1.54) is 12.1 Å². The van der Waals surface area contributed by atoms with Crippen molar-refractivity contribution in [3.05, 3.63) is 104 Å². The van der Waals surface area contributed by atoms with Gasteiger partial charge in [-0.3, -0.25) is 0 Å². The van der Waals surface area contributed by atoms with Crippen LogP contribution in [0.2, 0.25) is 20.1 Å². The van der Waals surface area contributed by atoms with Crippen LogP contribution in [0.3, 0.4) is 0 Å². The van der Waals surface area contributed by atoms with E-state index in [4.69, 9.17) is 56.7 Å². The van der Waals surface area contributed by atoms with Crippen molar-refractivity contribution in [1.82, 2.24) is 19.6 Å². The van der Waals surface area contributed by atoms with Crippen molar-refractivity contribution < 1.29 is 83.6 Å². The van der Waals surface area contributed by atoms with E-state index in [0.29, 0.717) is 42.9 Å². The number of hydrogen-bond acceptors (Lipinski definition) is 14. The molecule has 0 bridgehead atoms. The van der Waals surface area contributed by atoms with Crippen LogP contribution in [0.15, 0.2) is 103 Å². The minimum atomic E-state index is -3.99. The molecular formula is C32H26Cl4CoN10NaO8S2+. The molecule has 4 aromatic carbocycles. The van der Waals surface area contributed by atoms with Gasteiger partial charge in [0.2, 0.25) is 31.8 Å². The molecule has 58 heavy (non-hydrogen) atoms. The van der Waals surface area contributed by atoms with Gasteiger partial charge in [-0.05, 0) is 86.6 Å². The Morgan fingerprint density at radius 1 is 0.569 bits per heavy atom. The molecule has 26 heteroatoms. The number of benzene rings is 4. The second kappa shape index (κ2) is 19.5. The quantitative estimate of drug-likeness (QED) is 0.0884. The molecule has 0 spiro atoms. The molecule has 0 aliphatic rings. The van der Waals surface area contributed by atoms with Crippen molar-refractivity contribution in [1.29, 1.82) is 0 Å². The van der Waals surface area contributed by atoms with Crippen LogP contribution < -0.4 is 39.8 Å². The molecule has 0 unspecified atom stereocenters. The summed E-state index contributed by atoms with van der Waals surface area (Å²) in [5.74, 6) is -1.38. The predicted octanol–water partition coefficient (Wildman–Crippen LogP) is 4.92. The summed E-state index contributed by atoms with van der Waals surface area (Å²) in [4.78, 5) is -0.497. The van der Waals surface area contributed by atoms with Crippen LogP contribution in [0.1, 0.15) is 11.4 Å². The summed E-state index contributed by atoms with van der Waals surface area (Å²) in [5.41, 5.74) is 0.954. The van der Waals surface area contributed by atoms with Gasteiger partial charge in [-0.1, -0.05) is 46.4 Å². The zero-order valence-corrected chi connectivity index (χ0v) is 37.4. The first kappa shape index (κ1) is 48.6. The van der Waals surface area contributed by atoms with Crippen LogP contribution in [-0.2, 0) is 36.8 Å². The molecular weight excluding hydrogens is 940 g/mol. The van der Waals surface area contributed by atoms with Crippen LogP contribution in [-0.4, -0.2) is 56.8 Å². The van der Waals surface area contributed by atoms with Gasteiger partial charge in [0, 0.05) is 26.8 Å². The van der Waals surface area contributed by atoms with Crippen molar-refractivity contribution in [2.75, 3.05) is 0 Å². The Morgan fingerprint density at radius 2 is 0.914 bits per heavy atom. The van der Waals surface area contributed by atoms with E-state index in [0.717, 1.165) is 45.8 Å². The van der Waals surface area contributed by atoms with Crippen molar-refractivity contribution in [2.45, 2.75) is 23.6 Å². The van der Waals surface area contributed by atoms with E-state index in [2.05, 4.69) is 30.7 Å². The normalized spacial score (nSPS) is 11.6. The smallest absolute Gasteiger partial charge is 0.506 e. The summed E-state index contributed by atoms with van der Waals surface area (Å²) in [6.45, 7) is 3.15. The van der Waals surface area contributed by atoms with Gasteiger partial charge in [0.05, 0.1) is 42.6 Å². The van der Waals surface area contributed by atoms with Crippen molar-refractivity contribution in [2.24, 2.45) is 30.7 Å². The average Bonchev–Trinajstić information content (AvgIpc) is 3.56. The van der Waals surface area contributed by atoms with Crippen LogP contribution in [0.4, 0.5) is 22.7 Å². The average molecular weight is 966 g/mol. The maximum Gasteiger partial charge on any atom is 1.00 e. The number of phenolic OH excluding ortho intramolecular Hbond substituents is 2. The maximum atomic E-state index is 11.4. The van der Waals surface area contributed by atoms with E-state index in [9.17, 15) is 37.3 Å². The van der Waals surface area contributed by atoms with E-state index >= 15 is 0 Å². The summed E-state index contributed by atoms with van der Waals surface area (Å²) >= 11 is 24.2. The van der Waals surface area contributed by atoms with Gasteiger partial charge < -0.3 is 20.4 Å². The molecule has 0 saturated heterocycles. The molecule has 8 N–H and O–H groups in total. The molecule has 6 aromatic rings. The molecule has 0 aliphatic carbocycles. The predicted molar refractivity (Wildman–Crippen MR) is 207 cm³/mol. The van der Waals surface area contributed by atoms with Gasteiger partial charge in [-0.25, -0.2) is 27.1 Å². The van der Waals surface area contributed by atoms with E-state index in [1.807, 2.05) is 0 Å². The standard InChI is InChI=1S/2C16H13Cl2N5O4S.Co.Na/c2*1-8-15(16(25)23(22-8)13-6-9(17)2-4-11(13)18)21-20-12-7-10(28(19,26)27)3-5-14(12)24;;/h2*2-7,24-25H,1H3,(H2,19,26,27);;/q;;;+1. The monoisotopic (exact) mass is 964 g/mol. The number of aromatic hydroxyl groups is 4. The first-order valence-corrected chi connectivity index (χ1v) is 19.8. The summed E-state index contributed by atoms with van der Waals surface area (Å²) in [6, 6.07) is 15.9. The Bertz CT molecular complexity index is 2620. The van der Waals surface area contributed by atoms with Gasteiger partial charge in [0.25, 0.3) is 0 Å². The third kappa shape index (κ3) is 11.3. The summed E-state index contributed by atoms with van der Waals surface area (Å²) in [6.07, 6.45) is 0. The minimum absolute atomic E-state index is 0. The Kier molecular flexibility index (Phi) is 16.3. The van der Waals surface area contributed by atoms with Gasteiger partial charge in [-0.2, -0.15) is 19.6 Å². The first-order chi connectivity index (χ1) is 26.1. The summed E-state index contributed by atoms with van der Waals surface area (Å²) < 4.78 is 48.1. The number of phenols is 2. The van der Waals surface area contributed by atoms with Gasteiger partial charge in [0.1, 0.15) is 22.9 Å². The third-order valence-corrected chi connectivity index (χ3v) is 10.3. The van der Waals surface area contributed by atoms with Gasteiger partial charge in [0.15, 0.2) is 11.4 Å². The molecule has 0 atom stereocenters. The molecule has 2 aromatic heterocycles. The van der Waals surface area contributed by atoms with Crippen molar-refractivity contribution in [3.63, 3.8) is 0 Å². The number of aromatic nitrogens is 4. The zero-order chi connectivity index (χ0) is 41.3. The SMILES string of the molecule is Cc1nn(-c2cc(Cl)ccc2Cl)c(O)c1N=Nc1cc(S(N)(=O)=O)ccc1O.Cc1nn(-c2cc(Cl)ccc2Cl)c(O)c1N=Nc1cc(S(N)(=O)=O)ccc1O.[Co].[Na+]. The van der Waals surface area contributed by atoms with Crippen LogP contribution >= 0.6 is 46.4 Å². The van der Waals surface area contributed by atoms with Crippen molar-refractivity contribution >= 4 is 89.2 Å². The number of nitrogens with zero attached hydrogens (tertiary/aromatic N) is 8.